The van der Waals surface area contributed by atoms with Crippen LogP contribution in [-0.2, 0) is 9.53 Å². The number of hydrogen-bond donors (Lipinski definition) is 1. The molecule has 0 fully saturated rings. The summed E-state index contributed by atoms with van der Waals surface area (Å²) in [6, 6.07) is 3.58. The Morgan fingerprint density at radius 2 is 2.18 bits per heavy atom. The first-order chi connectivity index (χ1) is 7.89. The van der Waals surface area contributed by atoms with Crippen molar-refractivity contribution in [2.24, 2.45) is 5.41 Å². The van der Waals surface area contributed by atoms with Crippen LogP contribution in [0, 0.1) is 12.3 Å². The van der Waals surface area contributed by atoms with Crippen molar-refractivity contribution in [1.82, 2.24) is 4.98 Å². The molecular formula is C13H19NO3. The maximum Gasteiger partial charge on any atom is 0.314 e. The highest BCUT2D eigenvalue weighted by Crippen LogP contribution is 2.34. The van der Waals surface area contributed by atoms with Gasteiger partial charge < -0.3 is 9.84 Å². The molecule has 1 N–H and O–H groups in total. The topological polar surface area (TPSA) is 59.4 Å². The fourth-order valence-electron chi connectivity index (χ4n) is 1.49. The summed E-state index contributed by atoms with van der Waals surface area (Å²) in [5.74, 6) is -0.409. The molecule has 0 aromatic carbocycles. The van der Waals surface area contributed by atoms with Gasteiger partial charge >= 0.3 is 5.97 Å². The molecule has 0 radical (unpaired) electrons. The third-order valence-corrected chi connectivity index (χ3v) is 2.74. The van der Waals surface area contributed by atoms with Gasteiger partial charge in [-0.1, -0.05) is 6.07 Å². The predicted molar refractivity (Wildman–Crippen MR) is 64.3 cm³/mol. The number of carbonyl (C=O) groups is 1. The Hall–Kier alpha value is -1.42. The minimum absolute atomic E-state index is 0.307. The van der Waals surface area contributed by atoms with E-state index in [0.29, 0.717) is 12.2 Å². The third-order valence-electron chi connectivity index (χ3n) is 2.74. The average molecular weight is 237 g/mol. The number of aliphatic hydroxyl groups excluding tert-OH is 1. The Bertz CT molecular complexity index is 384. The standard InChI is InChI=1S/C13H19NO3/c1-5-17-12(16)13(3,4)11(15)10-7-6-9(2)14-8-10/h6-8,11,15H,5H2,1-4H3. The molecule has 4 heteroatoms. The highest BCUT2D eigenvalue weighted by Gasteiger charge is 2.38. The number of carbonyl (C=O) groups excluding carboxylic acids is 1. The van der Waals surface area contributed by atoms with Gasteiger partial charge in [0.25, 0.3) is 0 Å². The molecule has 0 spiro atoms. The quantitative estimate of drug-likeness (QED) is 0.814. The zero-order chi connectivity index (χ0) is 13.1. The number of pyridine rings is 1. The summed E-state index contributed by atoms with van der Waals surface area (Å²) in [6.45, 7) is 7.24. The number of esters is 1. The smallest absolute Gasteiger partial charge is 0.314 e. The van der Waals surface area contributed by atoms with Crippen LogP contribution in [-0.4, -0.2) is 22.7 Å². The molecule has 0 saturated carbocycles. The summed E-state index contributed by atoms with van der Waals surface area (Å²) in [4.78, 5) is 15.9. The number of ether oxygens (including phenoxy) is 1. The lowest BCUT2D eigenvalue weighted by Crippen LogP contribution is -2.33. The van der Waals surface area contributed by atoms with Crippen molar-refractivity contribution < 1.29 is 14.6 Å². The Morgan fingerprint density at radius 1 is 1.53 bits per heavy atom. The zero-order valence-corrected chi connectivity index (χ0v) is 10.7. The molecule has 1 aromatic heterocycles. The number of aryl methyl sites for hydroxylation is 1. The van der Waals surface area contributed by atoms with E-state index in [0.717, 1.165) is 5.69 Å². The van der Waals surface area contributed by atoms with Crippen molar-refractivity contribution >= 4 is 5.97 Å². The van der Waals surface area contributed by atoms with Gasteiger partial charge in [-0.3, -0.25) is 9.78 Å². The van der Waals surface area contributed by atoms with Crippen molar-refractivity contribution in [3.05, 3.63) is 29.6 Å². The molecule has 1 heterocycles. The highest BCUT2D eigenvalue weighted by atomic mass is 16.5. The summed E-state index contributed by atoms with van der Waals surface area (Å²) in [7, 11) is 0. The first-order valence-electron chi connectivity index (χ1n) is 5.67. The molecule has 17 heavy (non-hydrogen) atoms. The van der Waals surface area contributed by atoms with Crippen molar-refractivity contribution in [2.75, 3.05) is 6.61 Å². The third kappa shape index (κ3) is 3.03. The lowest BCUT2D eigenvalue weighted by atomic mass is 9.83. The van der Waals surface area contributed by atoms with Crippen molar-refractivity contribution in [1.29, 1.82) is 0 Å². The van der Waals surface area contributed by atoms with Crippen LogP contribution in [0.15, 0.2) is 18.3 Å². The van der Waals surface area contributed by atoms with E-state index < -0.39 is 17.5 Å². The molecular weight excluding hydrogens is 218 g/mol. The van der Waals surface area contributed by atoms with Crippen LogP contribution in [0.4, 0.5) is 0 Å². The predicted octanol–water partition coefficient (Wildman–Crippen LogP) is 2.01. The van der Waals surface area contributed by atoms with E-state index in [1.54, 1.807) is 39.1 Å². The van der Waals surface area contributed by atoms with E-state index in [-0.39, 0.29) is 0 Å². The van der Waals surface area contributed by atoms with Crippen molar-refractivity contribution in [3.8, 4) is 0 Å². The van der Waals surface area contributed by atoms with E-state index >= 15 is 0 Å². The SMILES string of the molecule is CCOC(=O)C(C)(C)C(O)c1ccc(C)nc1. The summed E-state index contributed by atoms with van der Waals surface area (Å²) >= 11 is 0. The Kier molecular flexibility index (Phi) is 4.23. The highest BCUT2D eigenvalue weighted by molar-refractivity contribution is 5.76. The van der Waals surface area contributed by atoms with Gasteiger partial charge in [0.15, 0.2) is 0 Å². The molecule has 94 valence electrons. The summed E-state index contributed by atoms with van der Waals surface area (Å²) < 4.78 is 4.95. The van der Waals surface area contributed by atoms with Gasteiger partial charge in [0, 0.05) is 11.9 Å². The van der Waals surface area contributed by atoms with Gasteiger partial charge in [0.05, 0.1) is 18.1 Å². The van der Waals surface area contributed by atoms with E-state index in [2.05, 4.69) is 4.98 Å². The van der Waals surface area contributed by atoms with E-state index in [1.807, 2.05) is 6.92 Å². The van der Waals surface area contributed by atoms with Crippen LogP contribution in [0.3, 0.4) is 0 Å². The second-order valence-electron chi connectivity index (χ2n) is 4.58. The number of aromatic nitrogens is 1. The van der Waals surface area contributed by atoms with Crippen LogP contribution in [0.5, 0.6) is 0 Å². The van der Waals surface area contributed by atoms with Gasteiger partial charge in [-0.2, -0.15) is 0 Å². The van der Waals surface area contributed by atoms with E-state index in [9.17, 15) is 9.90 Å². The maximum absolute atomic E-state index is 11.7. The minimum atomic E-state index is -0.979. The number of hydrogen-bond acceptors (Lipinski definition) is 4. The van der Waals surface area contributed by atoms with E-state index in [1.165, 1.54) is 0 Å². The van der Waals surface area contributed by atoms with Gasteiger partial charge in [-0.25, -0.2) is 0 Å². The average Bonchev–Trinajstić information content (AvgIpc) is 2.29. The molecule has 1 unspecified atom stereocenters. The van der Waals surface area contributed by atoms with Crippen LogP contribution >= 0.6 is 0 Å². The molecule has 1 aromatic rings. The molecule has 0 saturated heterocycles. The lowest BCUT2D eigenvalue weighted by Gasteiger charge is -2.28. The fraction of sp³-hybridized carbons (Fsp3) is 0.538. The van der Waals surface area contributed by atoms with Gasteiger partial charge in [-0.15, -0.1) is 0 Å². The number of rotatable bonds is 4. The molecule has 1 rings (SSSR count). The minimum Gasteiger partial charge on any atom is -0.465 e. The second kappa shape index (κ2) is 5.27. The van der Waals surface area contributed by atoms with Crippen molar-refractivity contribution in [3.63, 3.8) is 0 Å². The Balaban J connectivity index is 2.91. The van der Waals surface area contributed by atoms with Crippen LogP contribution in [0.25, 0.3) is 0 Å². The van der Waals surface area contributed by atoms with Crippen LogP contribution < -0.4 is 0 Å². The Morgan fingerprint density at radius 3 is 2.65 bits per heavy atom. The first kappa shape index (κ1) is 13.6. The van der Waals surface area contributed by atoms with Crippen molar-refractivity contribution in [2.45, 2.75) is 33.8 Å². The van der Waals surface area contributed by atoms with E-state index in [4.69, 9.17) is 4.74 Å². The number of nitrogens with zero attached hydrogens (tertiary/aromatic N) is 1. The molecule has 1 atom stereocenters. The Labute approximate surface area is 102 Å². The summed E-state index contributed by atoms with van der Waals surface area (Å²) in [5, 5.41) is 10.2. The van der Waals surface area contributed by atoms with Crippen LogP contribution in [0.1, 0.15) is 38.1 Å². The molecule has 0 amide bonds. The second-order valence-corrected chi connectivity index (χ2v) is 4.58. The largest absolute Gasteiger partial charge is 0.465 e. The van der Waals surface area contributed by atoms with Gasteiger partial charge in [0.1, 0.15) is 0 Å². The summed E-state index contributed by atoms with van der Waals surface area (Å²) in [6.07, 6.45) is 0.663. The maximum atomic E-state index is 11.7. The molecule has 0 aliphatic heterocycles. The lowest BCUT2D eigenvalue weighted by molar-refractivity contribution is -0.160. The summed E-state index contributed by atoms with van der Waals surface area (Å²) in [5.41, 5.74) is 0.510. The van der Waals surface area contributed by atoms with Gasteiger partial charge in [0.2, 0.25) is 0 Å². The molecule has 0 aliphatic carbocycles. The number of aliphatic hydroxyl groups is 1. The molecule has 0 aliphatic rings. The molecule has 0 bridgehead atoms. The van der Waals surface area contributed by atoms with Crippen LogP contribution in [0.2, 0.25) is 0 Å². The molecule has 4 nitrogen and oxygen atoms in total. The van der Waals surface area contributed by atoms with Gasteiger partial charge in [-0.05, 0) is 39.3 Å². The first-order valence-corrected chi connectivity index (χ1v) is 5.67. The zero-order valence-electron chi connectivity index (χ0n) is 10.7. The normalized spacial score (nSPS) is 13.2. The fourth-order valence-corrected chi connectivity index (χ4v) is 1.49. The monoisotopic (exact) mass is 237 g/mol.